The number of carbonyl (C=O) groups is 3. The number of nitrogens with two attached hydrogens (primary N) is 1. The zero-order valence-corrected chi connectivity index (χ0v) is 45.8. The first-order valence-corrected chi connectivity index (χ1v) is 25.6. The van der Waals surface area contributed by atoms with Crippen molar-refractivity contribution in [2.75, 3.05) is 19.6 Å². The molecule has 0 bridgehead atoms. The number of benzene rings is 4. The first-order valence-electron chi connectivity index (χ1n) is 24.2. The van der Waals surface area contributed by atoms with Crippen molar-refractivity contribution in [2.45, 2.75) is 87.2 Å². The smallest absolute Gasteiger partial charge is 0.447 e. The van der Waals surface area contributed by atoms with Gasteiger partial charge in [0, 0.05) is 30.5 Å². The van der Waals surface area contributed by atoms with E-state index in [0.29, 0.717) is 37.1 Å². The van der Waals surface area contributed by atoms with Gasteiger partial charge in [0.25, 0.3) is 10.1 Å². The summed E-state index contributed by atoms with van der Waals surface area (Å²) >= 11 is 0. The van der Waals surface area contributed by atoms with Crippen LogP contribution in [0.3, 0.4) is 0 Å². The summed E-state index contributed by atoms with van der Waals surface area (Å²) in [6, 6.07) is 33.0. The monoisotopic (exact) mass is 1110 g/mol. The van der Waals surface area contributed by atoms with Gasteiger partial charge in [0.15, 0.2) is 0 Å². The van der Waals surface area contributed by atoms with Crippen molar-refractivity contribution in [1.82, 2.24) is 29.7 Å². The predicted octanol–water partition coefficient (Wildman–Crippen LogP) is 7.23. The molecule has 3 fully saturated rings. The van der Waals surface area contributed by atoms with E-state index in [1.807, 2.05) is 97.9 Å². The van der Waals surface area contributed by atoms with Crippen LogP contribution in [-0.2, 0) is 48.3 Å². The second kappa shape index (κ2) is 30.1. The number of ether oxygens (including phenoxy) is 3. The zero-order valence-electron chi connectivity index (χ0n) is 43.0. The van der Waals surface area contributed by atoms with Crippen LogP contribution < -0.4 is 35.3 Å². The number of likely N-dealkylation sites (tertiary alicyclic amines) is 3. The molecule has 4 aromatic carbocycles. The van der Waals surface area contributed by atoms with E-state index in [4.69, 9.17) is 54.0 Å². The largest absolute Gasteiger partial charge is 1.00 e. The Kier molecular flexibility index (Phi) is 22.9. The number of aryl methyl sites for hydroxylation is 1. The van der Waals surface area contributed by atoms with Gasteiger partial charge in [-0.2, -0.15) is 8.42 Å². The Bertz CT molecular complexity index is 3160. The number of nitrogens with zero attached hydrogens (tertiary/aromatic N) is 12. The second-order valence-electron chi connectivity index (χ2n) is 17.6. The molecule has 0 radical (unpaired) electrons. The quantitative estimate of drug-likeness (QED) is 0.0297. The molecule has 0 aliphatic carbocycles. The molecule has 3 saturated heterocycles. The van der Waals surface area contributed by atoms with E-state index in [1.54, 1.807) is 23.2 Å². The average molecular weight is 1110 g/mol. The number of oxazole rings is 3. The summed E-state index contributed by atoms with van der Waals surface area (Å²) in [5.74, 6) is 1.22. The number of azide groups is 1. The molecule has 406 valence electrons. The molecule has 79 heavy (non-hydrogen) atoms. The van der Waals surface area contributed by atoms with E-state index in [9.17, 15) is 22.8 Å². The fourth-order valence-electron chi connectivity index (χ4n) is 8.56. The zero-order chi connectivity index (χ0) is 55.3. The van der Waals surface area contributed by atoms with Gasteiger partial charge >= 0.3 is 47.8 Å². The van der Waals surface area contributed by atoms with Crippen LogP contribution in [0.2, 0.25) is 0 Å². The van der Waals surface area contributed by atoms with Crippen molar-refractivity contribution >= 4 is 28.4 Å². The van der Waals surface area contributed by atoms with Crippen LogP contribution in [0.15, 0.2) is 176 Å². The van der Waals surface area contributed by atoms with Crippen molar-refractivity contribution in [3.05, 3.63) is 219 Å². The normalized spacial score (nSPS) is 19.0. The van der Waals surface area contributed by atoms with Crippen molar-refractivity contribution in [1.29, 1.82) is 0 Å². The van der Waals surface area contributed by atoms with Crippen LogP contribution >= 0.6 is 0 Å². The first kappa shape index (κ1) is 60.0. The van der Waals surface area contributed by atoms with Gasteiger partial charge in [0.05, 0.1) is 42.2 Å². The maximum absolute atomic E-state index is 12.8. The molecule has 25 nitrogen and oxygen atoms in total. The average Bonchev–Trinajstić information content (AvgIpc) is 4.34. The summed E-state index contributed by atoms with van der Waals surface area (Å²) in [7, 11) is -3.99. The van der Waals surface area contributed by atoms with Gasteiger partial charge in [-0.05, 0) is 54.1 Å². The molecular weight excluding hydrogens is 1050 g/mol. The van der Waals surface area contributed by atoms with Gasteiger partial charge in [-0.3, -0.25) is 23.8 Å². The molecule has 3 aromatic heterocycles. The molecule has 6 heterocycles. The van der Waals surface area contributed by atoms with Crippen LogP contribution in [0.1, 0.15) is 77.3 Å². The number of aromatic nitrogens is 3. The summed E-state index contributed by atoms with van der Waals surface area (Å²) < 4.78 is 62.9. The molecule has 27 heteroatoms. The van der Waals surface area contributed by atoms with Gasteiger partial charge in [0.2, 0.25) is 17.7 Å². The Balaban J connectivity index is 0.000000189. The Morgan fingerprint density at radius 1 is 0.608 bits per heavy atom. The summed E-state index contributed by atoms with van der Waals surface area (Å²) in [6.07, 6.45) is 7.98. The van der Waals surface area contributed by atoms with Crippen molar-refractivity contribution in [3.63, 3.8) is 0 Å². The molecule has 10 rings (SSSR count). The molecule has 3 aliphatic heterocycles. The molecule has 3 amide bonds. The number of hydrogen-bond acceptors (Lipinski definition) is 17. The predicted molar refractivity (Wildman–Crippen MR) is 276 cm³/mol. The molecule has 3 aliphatic rings. The minimum Gasteiger partial charge on any atom is -0.447 e. The molecule has 6 atom stereocenters. The third kappa shape index (κ3) is 17.4. The maximum atomic E-state index is 12.8. The van der Waals surface area contributed by atoms with Crippen LogP contribution in [-0.4, -0.2) is 94.2 Å². The number of carbonyl (C=O) groups excluding carboxylic acids is 3. The van der Waals surface area contributed by atoms with Gasteiger partial charge in [-0.15, -0.1) is 0 Å². The van der Waals surface area contributed by atoms with Gasteiger partial charge in [0.1, 0.15) is 56.7 Å². The number of rotatable bonds is 13. The SMILES string of the molecule is Cc1ccc(S(=O)(=O)O[C@@H]2C[C@@H](c3ncco3)N(C(=O)OCc3ccccc3)C2)cc1.N[C@H]1C[C@@H](c2ncco2)N(C(=O)OCc2ccccc2)C1.[N-]=[N+]=N[C@H]1C[C@@H](c2ncco2)N(C(=O)OCc2ccccc2)C1.[N-]=[N+]=[N-].[Na+]. The van der Waals surface area contributed by atoms with Crippen LogP contribution in [0.4, 0.5) is 14.4 Å². The standard InChI is InChI=1S/C22H22N2O6S.C15H15N5O3.C15H17N3O3.N3.Na/c1-16-7-9-19(10-8-16)31(26,27)30-18-13-20(21-23-11-12-28-21)24(14-18)22(25)29-15-17-5-3-2-4-6-17;16-19-18-12-8-13(14-17-6-7-22-14)20(9-12)15(21)23-10-11-4-2-1-3-5-11;16-12-8-13(14-17-6-7-20-14)18(9-12)15(19)21-10-11-4-2-1-3-5-11;1-3-2;/h2-12,18,20H,13-15H2,1H3;1-7,12-13H,8-10H2;1-7,12-13H,8-10,16H2;;/q;;;-1;+1/t18-,20+;2*12-,13-;;/m100../s1. The summed E-state index contributed by atoms with van der Waals surface area (Å²) in [5, 5.41) is 3.70. The third-order valence-electron chi connectivity index (χ3n) is 12.2. The molecule has 0 unspecified atom stereocenters. The number of amides is 3. The topological polar surface area (TPSA) is 344 Å². The van der Waals surface area contributed by atoms with E-state index in [1.165, 1.54) is 58.0 Å². The fourth-order valence-corrected chi connectivity index (χ4v) is 9.64. The van der Waals surface area contributed by atoms with Crippen LogP contribution in [0.5, 0.6) is 0 Å². The van der Waals surface area contributed by atoms with E-state index in [2.05, 4.69) is 25.0 Å². The van der Waals surface area contributed by atoms with E-state index < -0.39 is 40.5 Å². The Hall–Kier alpha value is -8.19. The first-order chi connectivity index (χ1) is 37.8. The minimum absolute atomic E-state index is 0. The second-order valence-corrected chi connectivity index (χ2v) is 19.2. The van der Waals surface area contributed by atoms with E-state index >= 15 is 0 Å². The van der Waals surface area contributed by atoms with Gasteiger partial charge in [-0.1, -0.05) is 114 Å². The van der Waals surface area contributed by atoms with Crippen molar-refractivity contribution in [2.24, 2.45) is 10.8 Å². The van der Waals surface area contributed by atoms with E-state index in [0.717, 1.165) is 22.3 Å². The fraction of sp³-hybridized carbons (Fsp3) is 0.308. The molecule has 0 saturated carbocycles. The maximum Gasteiger partial charge on any atom is 1.00 e. The van der Waals surface area contributed by atoms with Crippen molar-refractivity contribution < 1.29 is 84.0 Å². The Labute approximate surface area is 476 Å². The number of hydrogen-bond donors (Lipinski definition) is 1. The Morgan fingerprint density at radius 2 is 1.00 bits per heavy atom. The van der Waals surface area contributed by atoms with Crippen LogP contribution in [0, 0.1) is 6.92 Å². The molecular formula is C52H54N13NaO12S. The van der Waals surface area contributed by atoms with Gasteiger partial charge in [-0.25, -0.2) is 29.3 Å². The molecule has 2 N–H and O–H groups in total. The Morgan fingerprint density at radius 3 is 1.41 bits per heavy atom. The summed E-state index contributed by atoms with van der Waals surface area (Å²) in [4.78, 5) is 58.6. The van der Waals surface area contributed by atoms with Crippen LogP contribution in [0.25, 0.3) is 26.4 Å². The van der Waals surface area contributed by atoms with E-state index in [-0.39, 0.29) is 98.0 Å². The van der Waals surface area contributed by atoms with Gasteiger partial charge < -0.3 is 44.3 Å². The minimum atomic E-state index is -3.99. The summed E-state index contributed by atoms with van der Waals surface area (Å²) in [5.41, 5.74) is 31.7. The van der Waals surface area contributed by atoms with Crippen molar-refractivity contribution in [3.8, 4) is 0 Å². The summed E-state index contributed by atoms with van der Waals surface area (Å²) in [6.45, 7) is 3.15. The third-order valence-corrected chi connectivity index (χ3v) is 13.6. The molecule has 7 aromatic rings. The molecule has 0 spiro atoms.